The number of ether oxygens (including phenoxy) is 3. The number of phenolic OH excluding ortho intramolecular Hbond substituents is 4. The molecule has 0 radical (unpaired) electrons. The number of aliphatic hydroxyl groups is 3. The average Bonchev–Trinajstić information content (AvgIpc) is 2.80. The third kappa shape index (κ3) is 4.86. The van der Waals surface area contributed by atoms with Crippen molar-refractivity contribution in [2.24, 2.45) is 0 Å². The highest BCUT2D eigenvalue weighted by molar-refractivity contribution is 5.88. The molecule has 7 N–H and O–H groups in total. The molecule has 0 saturated carbocycles. The molecule has 2 aromatic carbocycles. The van der Waals surface area contributed by atoms with E-state index in [1.54, 1.807) is 0 Å². The molecular formula is C23H23O12+. The first-order valence-electron chi connectivity index (χ1n) is 10.4. The van der Waals surface area contributed by atoms with E-state index in [4.69, 9.17) is 18.6 Å². The van der Waals surface area contributed by atoms with Crippen molar-refractivity contribution in [3.63, 3.8) is 0 Å². The van der Waals surface area contributed by atoms with Crippen LogP contribution in [0.25, 0.3) is 22.3 Å². The fourth-order valence-corrected chi connectivity index (χ4v) is 3.61. The Kier molecular flexibility index (Phi) is 6.54. The molecule has 3 aromatic rings. The van der Waals surface area contributed by atoms with E-state index in [2.05, 4.69) is 0 Å². The number of rotatable bonds is 5. The van der Waals surface area contributed by atoms with Gasteiger partial charge in [0.05, 0.1) is 11.6 Å². The van der Waals surface area contributed by atoms with E-state index >= 15 is 0 Å². The molecule has 35 heavy (non-hydrogen) atoms. The minimum Gasteiger partial charge on any atom is -0.507 e. The van der Waals surface area contributed by atoms with Crippen LogP contribution in [0.1, 0.15) is 6.92 Å². The summed E-state index contributed by atoms with van der Waals surface area (Å²) in [4.78, 5) is 11.2. The van der Waals surface area contributed by atoms with Gasteiger partial charge in [0.15, 0.2) is 11.5 Å². The number of carbonyl (C=O) groups excluding carboxylic acids is 1. The predicted molar refractivity (Wildman–Crippen MR) is 117 cm³/mol. The molecule has 5 unspecified atom stereocenters. The van der Waals surface area contributed by atoms with Crippen LogP contribution in [-0.2, 0) is 14.3 Å². The van der Waals surface area contributed by atoms with Gasteiger partial charge in [-0.05, 0) is 12.1 Å². The summed E-state index contributed by atoms with van der Waals surface area (Å²) in [5.74, 6) is -2.38. The number of esters is 1. The topological polar surface area (TPSA) is 198 Å². The smallest absolute Gasteiger partial charge is 0.402 e. The maximum atomic E-state index is 11.2. The Labute approximate surface area is 197 Å². The minimum atomic E-state index is -1.75. The van der Waals surface area contributed by atoms with Crippen molar-refractivity contribution < 1.29 is 59.2 Å². The number of fused-ring (bicyclic) bond motifs is 1. The molecule has 1 aromatic heterocycles. The minimum absolute atomic E-state index is 0.0331. The van der Waals surface area contributed by atoms with Gasteiger partial charge in [-0.3, -0.25) is 4.79 Å². The number of aromatic hydroxyl groups is 4. The highest BCUT2D eigenvalue weighted by Gasteiger charge is 2.46. The molecule has 2 heterocycles. The maximum absolute atomic E-state index is 11.2. The average molecular weight is 491 g/mol. The maximum Gasteiger partial charge on any atom is 0.402 e. The lowest BCUT2D eigenvalue weighted by Gasteiger charge is -2.39. The van der Waals surface area contributed by atoms with Gasteiger partial charge in [-0.15, -0.1) is 0 Å². The second kappa shape index (κ2) is 9.43. The Hall–Kier alpha value is -3.84. The second-order valence-electron chi connectivity index (χ2n) is 7.96. The van der Waals surface area contributed by atoms with Gasteiger partial charge in [-0.25, -0.2) is 4.42 Å². The quantitative estimate of drug-likeness (QED) is 0.152. The third-order valence-electron chi connectivity index (χ3n) is 5.42. The number of hydrogen-bond donors (Lipinski definition) is 7. The standard InChI is InChI=1S/C23H22O12/c1-9(24)32-8-18-19(29)20(30)21(31)23(35-18)34-17-7-12-14(27)5-11(25)6-16(12)33-22(17)10-2-3-13(26)15(28)4-10/h2-7,18-21,23,29-31H,8H2,1H3,(H3-,25,26,27,28)/p+1. The van der Waals surface area contributed by atoms with E-state index in [-0.39, 0.29) is 39.5 Å². The van der Waals surface area contributed by atoms with E-state index in [0.29, 0.717) is 0 Å². The fraction of sp³-hybridized carbons (Fsp3) is 0.304. The number of aliphatic hydroxyl groups excluding tert-OH is 3. The molecular weight excluding hydrogens is 468 g/mol. The van der Waals surface area contributed by atoms with Crippen LogP contribution < -0.4 is 4.74 Å². The molecule has 12 nitrogen and oxygen atoms in total. The Bertz CT molecular complexity index is 1260. The van der Waals surface area contributed by atoms with E-state index in [9.17, 15) is 40.5 Å². The van der Waals surface area contributed by atoms with Crippen LogP contribution in [0.2, 0.25) is 0 Å². The summed E-state index contributed by atoms with van der Waals surface area (Å²) < 4.78 is 22.0. The third-order valence-corrected chi connectivity index (χ3v) is 5.42. The summed E-state index contributed by atoms with van der Waals surface area (Å²) in [6, 6.07) is 7.33. The SMILES string of the molecule is CC(=O)OCC1OC(Oc2cc3c(O)cc(O)cc3[o+]c2-c2ccc(O)c(O)c2)C(O)C(O)C1O. The van der Waals surface area contributed by atoms with Crippen molar-refractivity contribution in [1.29, 1.82) is 0 Å². The van der Waals surface area contributed by atoms with Gasteiger partial charge in [0.25, 0.3) is 0 Å². The van der Waals surface area contributed by atoms with Crippen LogP contribution in [0.5, 0.6) is 28.7 Å². The molecule has 4 rings (SSSR count). The Balaban J connectivity index is 1.77. The van der Waals surface area contributed by atoms with Crippen molar-refractivity contribution >= 4 is 16.9 Å². The number of hydrogen-bond acceptors (Lipinski definition) is 11. The molecule has 1 saturated heterocycles. The lowest BCUT2D eigenvalue weighted by Crippen LogP contribution is -2.60. The molecule has 1 aliphatic heterocycles. The highest BCUT2D eigenvalue weighted by Crippen LogP contribution is 2.42. The van der Waals surface area contributed by atoms with Gasteiger partial charge >= 0.3 is 17.3 Å². The fourth-order valence-electron chi connectivity index (χ4n) is 3.61. The zero-order valence-corrected chi connectivity index (χ0v) is 18.2. The summed E-state index contributed by atoms with van der Waals surface area (Å²) >= 11 is 0. The van der Waals surface area contributed by atoms with Gasteiger partial charge < -0.3 is 50.0 Å². The van der Waals surface area contributed by atoms with Gasteiger partial charge in [0.2, 0.25) is 12.0 Å². The first kappa shape index (κ1) is 24.3. The number of benzene rings is 2. The normalized spacial score (nSPS) is 24.3. The van der Waals surface area contributed by atoms with Gasteiger partial charge in [-0.1, -0.05) is 0 Å². The summed E-state index contributed by atoms with van der Waals surface area (Å²) in [5, 5.41) is 70.7. The van der Waals surface area contributed by atoms with E-state index in [0.717, 1.165) is 19.1 Å². The van der Waals surface area contributed by atoms with Crippen molar-refractivity contribution in [3.05, 3.63) is 36.4 Å². The summed E-state index contributed by atoms with van der Waals surface area (Å²) in [6.45, 7) is 0.718. The van der Waals surface area contributed by atoms with Crippen LogP contribution >= 0.6 is 0 Å². The largest absolute Gasteiger partial charge is 0.507 e. The summed E-state index contributed by atoms with van der Waals surface area (Å²) in [7, 11) is 0. The van der Waals surface area contributed by atoms with Gasteiger partial charge in [0, 0.05) is 25.1 Å². The Morgan fingerprint density at radius 3 is 2.37 bits per heavy atom. The second-order valence-corrected chi connectivity index (χ2v) is 7.96. The van der Waals surface area contributed by atoms with Crippen LogP contribution in [0.4, 0.5) is 0 Å². The molecule has 186 valence electrons. The first-order valence-corrected chi connectivity index (χ1v) is 10.4. The zero-order valence-electron chi connectivity index (χ0n) is 18.2. The monoisotopic (exact) mass is 491 g/mol. The van der Waals surface area contributed by atoms with Crippen molar-refractivity contribution in [2.45, 2.75) is 37.6 Å². The van der Waals surface area contributed by atoms with E-state index < -0.39 is 54.8 Å². The van der Waals surface area contributed by atoms with Crippen LogP contribution in [-0.4, -0.2) is 79.0 Å². The van der Waals surface area contributed by atoms with Crippen LogP contribution in [0.3, 0.4) is 0 Å². The molecule has 0 aliphatic carbocycles. The predicted octanol–water partition coefficient (Wildman–Crippen LogP) is 0.953. The zero-order chi connectivity index (χ0) is 25.4. The van der Waals surface area contributed by atoms with Crippen molar-refractivity contribution in [2.75, 3.05) is 6.61 Å². The van der Waals surface area contributed by atoms with Gasteiger partial charge in [0.1, 0.15) is 47.9 Å². The molecule has 0 spiro atoms. The number of carbonyl (C=O) groups is 1. The molecule has 12 heteroatoms. The van der Waals surface area contributed by atoms with E-state index in [1.165, 1.54) is 24.3 Å². The first-order chi connectivity index (χ1) is 16.5. The van der Waals surface area contributed by atoms with Gasteiger partial charge in [-0.2, -0.15) is 0 Å². The molecule has 5 atom stereocenters. The van der Waals surface area contributed by atoms with Crippen molar-refractivity contribution in [1.82, 2.24) is 0 Å². The Morgan fingerprint density at radius 1 is 0.943 bits per heavy atom. The van der Waals surface area contributed by atoms with Crippen LogP contribution in [0, 0.1) is 0 Å². The van der Waals surface area contributed by atoms with Crippen molar-refractivity contribution in [3.8, 4) is 40.1 Å². The Morgan fingerprint density at radius 2 is 1.69 bits per heavy atom. The molecule has 1 aliphatic rings. The molecule has 1 fully saturated rings. The van der Waals surface area contributed by atoms with E-state index in [1.807, 2.05) is 0 Å². The lowest BCUT2D eigenvalue weighted by molar-refractivity contribution is -0.278. The molecule has 0 amide bonds. The highest BCUT2D eigenvalue weighted by atomic mass is 16.7. The number of phenols is 4. The summed E-state index contributed by atoms with van der Waals surface area (Å²) in [6.07, 6.45) is -7.90. The summed E-state index contributed by atoms with van der Waals surface area (Å²) in [5.41, 5.74) is 0.230. The van der Waals surface area contributed by atoms with Crippen LogP contribution in [0.15, 0.2) is 40.8 Å². The lowest BCUT2D eigenvalue weighted by atomic mass is 9.99. The molecule has 0 bridgehead atoms.